The van der Waals surface area contributed by atoms with Crippen LogP contribution in [0.4, 0.5) is 10.1 Å². The van der Waals surface area contributed by atoms with Crippen LogP contribution in [0.3, 0.4) is 0 Å². The molecule has 4 nitrogen and oxygen atoms in total. The molecule has 94 valence electrons. The van der Waals surface area contributed by atoms with E-state index in [1.165, 1.54) is 30.3 Å². The number of nitriles is 1. The van der Waals surface area contributed by atoms with Crippen molar-refractivity contribution in [1.29, 1.82) is 5.26 Å². The first kappa shape index (κ1) is 13.1. The highest BCUT2D eigenvalue weighted by Crippen LogP contribution is 2.36. The first-order chi connectivity index (χ1) is 9.11. The standard InChI is InChI=1S/C13H7FN2O2S/c14-10-3-1-2-4-12(10)19-13-7-9(8-15)5-6-11(13)16(17)18/h1-7H. The van der Waals surface area contributed by atoms with Gasteiger partial charge in [-0.25, -0.2) is 4.39 Å². The van der Waals surface area contributed by atoms with Gasteiger partial charge in [0.1, 0.15) is 5.82 Å². The molecular weight excluding hydrogens is 267 g/mol. The Bertz CT molecular complexity index is 683. The lowest BCUT2D eigenvalue weighted by Gasteiger charge is -2.04. The fraction of sp³-hybridized carbons (Fsp3) is 0. The smallest absolute Gasteiger partial charge is 0.258 e. The van der Waals surface area contributed by atoms with E-state index >= 15 is 0 Å². The molecule has 0 saturated carbocycles. The molecule has 2 aromatic rings. The number of hydrogen-bond acceptors (Lipinski definition) is 4. The van der Waals surface area contributed by atoms with Crippen molar-refractivity contribution in [1.82, 2.24) is 0 Å². The Morgan fingerprint density at radius 1 is 1.21 bits per heavy atom. The van der Waals surface area contributed by atoms with Crippen molar-refractivity contribution in [2.75, 3.05) is 0 Å². The van der Waals surface area contributed by atoms with Crippen LogP contribution < -0.4 is 0 Å². The van der Waals surface area contributed by atoms with E-state index in [0.29, 0.717) is 5.56 Å². The predicted molar refractivity (Wildman–Crippen MR) is 68.3 cm³/mol. The summed E-state index contributed by atoms with van der Waals surface area (Å²) < 4.78 is 13.5. The predicted octanol–water partition coefficient (Wildman–Crippen LogP) is 3.76. The van der Waals surface area contributed by atoms with E-state index in [1.807, 2.05) is 6.07 Å². The molecule has 0 atom stereocenters. The second kappa shape index (κ2) is 5.50. The maximum absolute atomic E-state index is 13.5. The van der Waals surface area contributed by atoms with Gasteiger partial charge in [0.05, 0.1) is 21.5 Å². The number of nitro groups is 1. The Balaban J connectivity index is 2.46. The van der Waals surface area contributed by atoms with Crippen LogP contribution in [0.15, 0.2) is 52.3 Å². The van der Waals surface area contributed by atoms with Crippen molar-refractivity contribution in [2.24, 2.45) is 0 Å². The summed E-state index contributed by atoms with van der Waals surface area (Å²) in [6.45, 7) is 0. The maximum atomic E-state index is 13.5. The number of nitrogens with zero attached hydrogens (tertiary/aromatic N) is 2. The molecule has 0 fully saturated rings. The van der Waals surface area contributed by atoms with Gasteiger partial charge in [-0.3, -0.25) is 10.1 Å². The molecular formula is C13H7FN2O2S. The van der Waals surface area contributed by atoms with Crippen molar-refractivity contribution in [3.8, 4) is 6.07 Å². The number of hydrogen-bond donors (Lipinski definition) is 0. The minimum atomic E-state index is -0.551. The summed E-state index contributed by atoms with van der Waals surface area (Å²) in [5.41, 5.74) is 0.150. The summed E-state index contributed by atoms with van der Waals surface area (Å²) >= 11 is 0.931. The third-order valence-corrected chi connectivity index (χ3v) is 3.44. The Labute approximate surface area is 112 Å². The zero-order valence-electron chi connectivity index (χ0n) is 9.54. The normalized spacial score (nSPS) is 9.89. The van der Waals surface area contributed by atoms with Crippen molar-refractivity contribution in [3.05, 3.63) is 64.0 Å². The maximum Gasteiger partial charge on any atom is 0.283 e. The third-order valence-electron chi connectivity index (χ3n) is 2.34. The molecule has 0 radical (unpaired) electrons. The van der Waals surface area contributed by atoms with Crippen molar-refractivity contribution in [3.63, 3.8) is 0 Å². The molecule has 2 rings (SSSR count). The van der Waals surface area contributed by atoms with Crippen molar-refractivity contribution >= 4 is 17.4 Å². The molecule has 0 spiro atoms. The largest absolute Gasteiger partial charge is 0.283 e. The minimum Gasteiger partial charge on any atom is -0.258 e. The van der Waals surface area contributed by atoms with E-state index in [2.05, 4.69) is 0 Å². The number of benzene rings is 2. The van der Waals surface area contributed by atoms with E-state index in [0.717, 1.165) is 11.8 Å². The van der Waals surface area contributed by atoms with E-state index in [-0.39, 0.29) is 15.5 Å². The van der Waals surface area contributed by atoms with Gasteiger partial charge in [0.2, 0.25) is 0 Å². The summed E-state index contributed by atoms with van der Waals surface area (Å²) in [6, 6.07) is 11.9. The highest BCUT2D eigenvalue weighted by molar-refractivity contribution is 7.99. The van der Waals surface area contributed by atoms with Gasteiger partial charge in [-0.2, -0.15) is 5.26 Å². The van der Waals surface area contributed by atoms with E-state index in [1.54, 1.807) is 12.1 Å². The molecule has 2 aromatic carbocycles. The summed E-state index contributed by atoms with van der Waals surface area (Å²) in [5.74, 6) is -0.454. The van der Waals surface area contributed by atoms with Gasteiger partial charge >= 0.3 is 0 Å². The number of rotatable bonds is 3. The lowest BCUT2D eigenvalue weighted by atomic mass is 10.2. The lowest BCUT2D eigenvalue weighted by molar-refractivity contribution is -0.387. The third kappa shape index (κ3) is 2.89. The first-order valence-corrected chi connectivity index (χ1v) is 6.04. The molecule has 0 aromatic heterocycles. The lowest BCUT2D eigenvalue weighted by Crippen LogP contribution is -1.92. The van der Waals surface area contributed by atoms with Crippen LogP contribution in [-0.2, 0) is 0 Å². The van der Waals surface area contributed by atoms with E-state index in [9.17, 15) is 14.5 Å². The van der Waals surface area contributed by atoms with Gasteiger partial charge in [0, 0.05) is 11.0 Å². The molecule has 19 heavy (non-hydrogen) atoms. The van der Waals surface area contributed by atoms with Gasteiger partial charge in [0.15, 0.2) is 0 Å². The quantitative estimate of drug-likeness (QED) is 0.631. The summed E-state index contributed by atoms with van der Waals surface area (Å²) in [6.07, 6.45) is 0. The van der Waals surface area contributed by atoms with Crippen LogP contribution in [0.25, 0.3) is 0 Å². The van der Waals surface area contributed by atoms with Crippen LogP contribution in [0.2, 0.25) is 0 Å². The Morgan fingerprint density at radius 2 is 1.95 bits per heavy atom. The highest BCUT2D eigenvalue weighted by atomic mass is 32.2. The van der Waals surface area contributed by atoms with Crippen LogP contribution in [0.5, 0.6) is 0 Å². The number of nitro benzene ring substituents is 1. The molecule has 0 aliphatic rings. The van der Waals surface area contributed by atoms with Crippen molar-refractivity contribution in [2.45, 2.75) is 9.79 Å². The highest BCUT2D eigenvalue weighted by Gasteiger charge is 2.16. The second-order valence-electron chi connectivity index (χ2n) is 3.58. The zero-order valence-corrected chi connectivity index (χ0v) is 10.4. The molecule has 0 bridgehead atoms. The monoisotopic (exact) mass is 274 g/mol. The van der Waals surface area contributed by atoms with E-state index < -0.39 is 10.7 Å². The van der Waals surface area contributed by atoms with Gasteiger partial charge in [-0.15, -0.1) is 0 Å². The first-order valence-electron chi connectivity index (χ1n) is 5.22. The molecule has 0 saturated heterocycles. The van der Waals surface area contributed by atoms with Gasteiger partial charge < -0.3 is 0 Å². The number of halogens is 1. The molecule has 0 N–H and O–H groups in total. The minimum absolute atomic E-state index is 0.146. The summed E-state index contributed by atoms with van der Waals surface area (Å²) in [4.78, 5) is 10.9. The van der Waals surface area contributed by atoms with Crippen LogP contribution in [-0.4, -0.2) is 4.92 Å². The molecule has 0 amide bonds. The summed E-state index contributed by atoms with van der Waals surface area (Å²) in [7, 11) is 0. The molecule has 0 aliphatic heterocycles. The topological polar surface area (TPSA) is 66.9 Å². The average Bonchev–Trinajstić information content (AvgIpc) is 2.41. The fourth-order valence-corrected chi connectivity index (χ4v) is 2.44. The van der Waals surface area contributed by atoms with Crippen LogP contribution >= 0.6 is 11.8 Å². The molecule has 0 aliphatic carbocycles. The molecule has 6 heteroatoms. The van der Waals surface area contributed by atoms with Crippen LogP contribution in [0.1, 0.15) is 5.56 Å². The van der Waals surface area contributed by atoms with Gasteiger partial charge in [-0.1, -0.05) is 23.9 Å². The van der Waals surface area contributed by atoms with Crippen LogP contribution in [0, 0.1) is 27.3 Å². The zero-order chi connectivity index (χ0) is 13.8. The average molecular weight is 274 g/mol. The van der Waals surface area contributed by atoms with E-state index in [4.69, 9.17) is 5.26 Å². The Kier molecular flexibility index (Phi) is 3.78. The van der Waals surface area contributed by atoms with Gasteiger partial charge in [0.25, 0.3) is 5.69 Å². The van der Waals surface area contributed by atoms with Crippen molar-refractivity contribution < 1.29 is 9.31 Å². The fourth-order valence-electron chi connectivity index (χ4n) is 1.46. The molecule has 0 unspecified atom stereocenters. The SMILES string of the molecule is N#Cc1ccc([N+](=O)[O-])c(Sc2ccccc2F)c1. The summed E-state index contributed by atoms with van der Waals surface area (Å²) in [5, 5.41) is 19.7. The van der Waals surface area contributed by atoms with Gasteiger partial charge in [-0.05, 0) is 24.3 Å². The molecule has 0 heterocycles. The second-order valence-corrected chi connectivity index (χ2v) is 4.67. The Morgan fingerprint density at radius 3 is 2.58 bits per heavy atom. The Hall–Kier alpha value is -2.39.